The van der Waals surface area contributed by atoms with Crippen LogP contribution >= 0.6 is 0 Å². The molecule has 1 aromatic rings. The maximum Gasteiger partial charge on any atom is 0.251 e. The van der Waals surface area contributed by atoms with Gasteiger partial charge in [0.05, 0.1) is 23.2 Å². The normalized spacial score (nSPS) is 18.0. The lowest BCUT2D eigenvalue weighted by molar-refractivity contribution is -0.123. The molecule has 2 amide bonds. The molecule has 156 valence electrons. The van der Waals surface area contributed by atoms with Crippen molar-refractivity contribution < 1.29 is 22.7 Å². The molecule has 0 aliphatic carbocycles. The summed E-state index contributed by atoms with van der Waals surface area (Å²) in [5, 5.41) is 2.84. The van der Waals surface area contributed by atoms with Gasteiger partial charge < -0.3 is 20.7 Å². The Bertz CT molecular complexity index is 764. The van der Waals surface area contributed by atoms with Gasteiger partial charge in [-0.3, -0.25) is 9.59 Å². The van der Waals surface area contributed by atoms with E-state index < -0.39 is 9.84 Å². The average molecular weight is 412 g/mol. The highest BCUT2D eigenvalue weighted by molar-refractivity contribution is 7.91. The zero-order valence-corrected chi connectivity index (χ0v) is 17.0. The minimum absolute atomic E-state index is 0.0815. The lowest BCUT2D eigenvalue weighted by atomic mass is 9.97. The van der Waals surface area contributed by atoms with Crippen molar-refractivity contribution in [1.82, 2.24) is 10.2 Å². The monoisotopic (exact) mass is 411 g/mol. The van der Waals surface area contributed by atoms with Gasteiger partial charge in [0, 0.05) is 25.8 Å². The minimum atomic E-state index is -3.40. The fourth-order valence-corrected chi connectivity index (χ4v) is 4.39. The summed E-state index contributed by atoms with van der Waals surface area (Å²) in [5.74, 6) is -0.662. The first-order chi connectivity index (χ1) is 13.3. The number of hydrogen-bond donors (Lipinski definition) is 2. The maximum atomic E-state index is 12.2. The molecule has 0 saturated carbocycles. The van der Waals surface area contributed by atoms with Crippen LogP contribution in [0, 0.1) is 5.92 Å². The standard InChI is InChI=1S/C19H29N3O5S/c1-27-12-13-28(25,26)17-7-5-15(6-8-17)19(24)21-9-3-11-22-10-2-4-16(14-22)18(20)23/h5-8,16H,2-4,9-14H2,1H3,(H2,20,23)(H,21,24). The largest absolute Gasteiger partial charge is 0.384 e. The molecule has 1 aliphatic rings. The summed E-state index contributed by atoms with van der Waals surface area (Å²) in [7, 11) is -1.96. The number of ether oxygens (including phenoxy) is 1. The second-order valence-corrected chi connectivity index (χ2v) is 9.10. The molecular weight excluding hydrogens is 382 g/mol. The Hall–Kier alpha value is -1.97. The third-order valence-corrected chi connectivity index (χ3v) is 6.57. The number of carbonyl (C=O) groups excluding carboxylic acids is 2. The molecule has 3 N–H and O–H groups in total. The summed E-state index contributed by atoms with van der Waals surface area (Å²) < 4.78 is 29.0. The van der Waals surface area contributed by atoms with Crippen LogP contribution in [0.15, 0.2) is 29.2 Å². The summed E-state index contributed by atoms with van der Waals surface area (Å²) in [5.41, 5.74) is 5.80. The Kier molecular flexibility index (Phi) is 8.40. The number of carbonyl (C=O) groups is 2. The number of nitrogens with one attached hydrogen (secondary N) is 1. The Morgan fingerprint density at radius 1 is 1.29 bits per heavy atom. The number of amides is 2. The zero-order chi connectivity index (χ0) is 20.6. The molecule has 0 bridgehead atoms. The van der Waals surface area contributed by atoms with Crippen LogP contribution in [0.2, 0.25) is 0 Å². The van der Waals surface area contributed by atoms with Crippen molar-refractivity contribution in [3.05, 3.63) is 29.8 Å². The number of likely N-dealkylation sites (tertiary alicyclic amines) is 1. The van der Waals surface area contributed by atoms with Crippen molar-refractivity contribution in [3.8, 4) is 0 Å². The molecule has 1 fully saturated rings. The first-order valence-electron chi connectivity index (χ1n) is 9.45. The molecule has 0 aromatic heterocycles. The Morgan fingerprint density at radius 2 is 2.00 bits per heavy atom. The van der Waals surface area contributed by atoms with Crippen LogP contribution in [0.25, 0.3) is 0 Å². The quantitative estimate of drug-likeness (QED) is 0.539. The van der Waals surface area contributed by atoms with Crippen molar-refractivity contribution in [2.24, 2.45) is 11.7 Å². The number of hydrogen-bond acceptors (Lipinski definition) is 6. The van der Waals surface area contributed by atoms with Crippen LogP contribution in [0.1, 0.15) is 29.6 Å². The number of nitrogens with two attached hydrogens (primary N) is 1. The second kappa shape index (κ2) is 10.5. The van der Waals surface area contributed by atoms with Crippen LogP contribution in [-0.4, -0.2) is 70.8 Å². The second-order valence-electron chi connectivity index (χ2n) is 6.99. The van der Waals surface area contributed by atoms with Crippen molar-refractivity contribution >= 4 is 21.7 Å². The molecule has 28 heavy (non-hydrogen) atoms. The minimum Gasteiger partial charge on any atom is -0.384 e. The van der Waals surface area contributed by atoms with Gasteiger partial charge in [-0.2, -0.15) is 0 Å². The zero-order valence-electron chi connectivity index (χ0n) is 16.2. The van der Waals surface area contributed by atoms with Gasteiger partial charge in [0.25, 0.3) is 5.91 Å². The molecule has 1 saturated heterocycles. The molecule has 0 spiro atoms. The predicted octanol–water partition coefficient (Wildman–Crippen LogP) is 0.424. The van der Waals surface area contributed by atoms with Crippen molar-refractivity contribution in [2.75, 3.05) is 45.6 Å². The van der Waals surface area contributed by atoms with Crippen LogP contribution in [-0.2, 0) is 19.4 Å². The van der Waals surface area contributed by atoms with Crippen molar-refractivity contribution in [1.29, 1.82) is 0 Å². The molecule has 2 rings (SSSR count). The van der Waals surface area contributed by atoms with Gasteiger partial charge in [0.1, 0.15) is 0 Å². The van der Waals surface area contributed by atoms with E-state index in [-0.39, 0.29) is 35.0 Å². The fraction of sp³-hybridized carbons (Fsp3) is 0.579. The number of methoxy groups -OCH3 is 1. The molecule has 1 unspecified atom stereocenters. The Balaban J connectivity index is 1.76. The molecule has 0 radical (unpaired) electrons. The molecule has 1 heterocycles. The SMILES string of the molecule is COCCS(=O)(=O)c1ccc(C(=O)NCCCN2CCCC(C(N)=O)C2)cc1. The van der Waals surface area contributed by atoms with Gasteiger partial charge in [-0.25, -0.2) is 8.42 Å². The van der Waals surface area contributed by atoms with Crippen molar-refractivity contribution in [3.63, 3.8) is 0 Å². The van der Waals surface area contributed by atoms with Gasteiger partial charge in [-0.05, 0) is 56.6 Å². The topological polar surface area (TPSA) is 119 Å². The summed E-state index contributed by atoms with van der Waals surface area (Å²) >= 11 is 0. The van der Waals surface area contributed by atoms with Gasteiger partial charge in [0.2, 0.25) is 5.91 Å². The Labute approximate surface area is 166 Å². The predicted molar refractivity (Wildman–Crippen MR) is 106 cm³/mol. The maximum absolute atomic E-state index is 12.2. The number of benzene rings is 1. The highest BCUT2D eigenvalue weighted by Gasteiger charge is 2.23. The molecule has 1 aliphatic heterocycles. The lowest BCUT2D eigenvalue weighted by Crippen LogP contribution is -2.42. The van der Waals surface area contributed by atoms with Crippen LogP contribution in [0.4, 0.5) is 0 Å². The van der Waals surface area contributed by atoms with Crippen LogP contribution in [0.3, 0.4) is 0 Å². The first-order valence-corrected chi connectivity index (χ1v) is 11.1. The molecular formula is C19H29N3O5S. The van der Waals surface area contributed by atoms with Crippen LogP contribution in [0.5, 0.6) is 0 Å². The summed E-state index contributed by atoms with van der Waals surface area (Å²) in [4.78, 5) is 25.9. The van der Waals surface area contributed by atoms with E-state index in [1.165, 1.54) is 31.4 Å². The molecule has 8 nitrogen and oxygen atoms in total. The van der Waals surface area contributed by atoms with Crippen molar-refractivity contribution in [2.45, 2.75) is 24.2 Å². The number of piperidine rings is 1. The average Bonchev–Trinajstić information content (AvgIpc) is 2.70. The van der Waals surface area contributed by atoms with E-state index in [4.69, 9.17) is 10.5 Å². The van der Waals surface area contributed by atoms with E-state index in [1.54, 1.807) is 0 Å². The molecule has 1 aromatic carbocycles. The van der Waals surface area contributed by atoms with E-state index in [9.17, 15) is 18.0 Å². The fourth-order valence-electron chi connectivity index (χ4n) is 3.22. The number of rotatable bonds is 10. The van der Waals surface area contributed by atoms with Crippen LogP contribution < -0.4 is 11.1 Å². The summed E-state index contributed by atoms with van der Waals surface area (Å²) in [6.07, 6.45) is 2.57. The van der Waals surface area contributed by atoms with E-state index in [0.717, 1.165) is 32.4 Å². The Morgan fingerprint density at radius 3 is 2.64 bits per heavy atom. The van der Waals surface area contributed by atoms with E-state index in [1.807, 2.05) is 0 Å². The van der Waals surface area contributed by atoms with E-state index in [0.29, 0.717) is 18.7 Å². The summed E-state index contributed by atoms with van der Waals surface area (Å²) in [6, 6.07) is 5.91. The number of sulfone groups is 1. The van der Waals surface area contributed by atoms with E-state index >= 15 is 0 Å². The molecule has 1 atom stereocenters. The third kappa shape index (κ3) is 6.57. The third-order valence-electron chi connectivity index (χ3n) is 4.88. The first kappa shape index (κ1) is 22.3. The molecule has 9 heteroatoms. The number of nitrogens with zero attached hydrogens (tertiary/aromatic N) is 1. The van der Waals surface area contributed by atoms with Gasteiger partial charge >= 0.3 is 0 Å². The number of primary amides is 1. The smallest absolute Gasteiger partial charge is 0.251 e. The highest BCUT2D eigenvalue weighted by atomic mass is 32.2. The van der Waals surface area contributed by atoms with Gasteiger partial charge in [0.15, 0.2) is 9.84 Å². The van der Waals surface area contributed by atoms with E-state index in [2.05, 4.69) is 10.2 Å². The highest BCUT2D eigenvalue weighted by Crippen LogP contribution is 2.16. The van der Waals surface area contributed by atoms with Gasteiger partial charge in [-0.15, -0.1) is 0 Å². The van der Waals surface area contributed by atoms with Gasteiger partial charge in [-0.1, -0.05) is 0 Å². The summed E-state index contributed by atoms with van der Waals surface area (Å²) in [6.45, 7) is 3.05. The lowest BCUT2D eigenvalue weighted by Gasteiger charge is -2.31.